The molecule has 0 atom stereocenters. The van der Waals surface area contributed by atoms with E-state index in [0.717, 1.165) is 12.3 Å². The minimum atomic E-state index is -3.82. The van der Waals surface area contributed by atoms with Gasteiger partial charge in [0.2, 0.25) is 0 Å². The quantitative estimate of drug-likeness (QED) is 0.780. The Balaban J connectivity index is 2.29. The van der Waals surface area contributed by atoms with Gasteiger partial charge in [0.25, 0.3) is 10.0 Å². The lowest BCUT2D eigenvalue weighted by Gasteiger charge is -2.06. The Kier molecular flexibility index (Phi) is 3.26. The predicted molar refractivity (Wildman–Crippen MR) is 67.5 cm³/mol. The van der Waals surface area contributed by atoms with Gasteiger partial charge in [0.05, 0.1) is 5.69 Å². The van der Waals surface area contributed by atoms with Crippen molar-refractivity contribution in [1.82, 2.24) is 9.97 Å². The van der Waals surface area contributed by atoms with E-state index in [0.29, 0.717) is 11.4 Å². The molecule has 0 saturated carbocycles. The van der Waals surface area contributed by atoms with E-state index in [1.165, 1.54) is 12.3 Å². The van der Waals surface area contributed by atoms with Crippen LogP contribution in [-0.2, 0) is 10.0 Å². The van der Waals surface area contributed by atoms with Gasteiger partial charge < -0.3 is 10.1 Å². The minimum absolute atomic E-state index is 0.139. The molecule has 0 aliphatic heterocycles. The highest BCUT2D eigenvalue weighted by atomic mass is 32.2. The highest BCUT2D eigenvalue weighted by Gasteiger charge is 2.18. The van der Waals surface area contributed by atoms with E-state index in [4.69, 9.17) is 5.11 Å². The molecule has 0 fully saturated rings. The van der Waals surface area contributed by atoms with Crippen LogP contribution in [0.15, 0.2) is 35.5 Å². The van der Waals surface area contributed by atoms with Crippen molar-refractivity contribution in [3.05, 3.63) is 42.0 Å². The lowest BCUT2D eigenvalue weighted by Crippen LogP contribution is -2.12. The largest absolute Gasteiger partial charge is 0.477 e. The molecule has 19 heavy (non-hydrogen) atoms. The zero-order chi connectivity index (χ0) is 14.0. The van der Waals surface area contributed by atoms with Gasteiger partial charge in [-0.1, -0.05) is 0 Å². The fourth-order valence-corrected chi connectivity index (χ4v) is 2.52. The van der Waals surface area contributed by atoms with Crippen molar-refractivity contribution in [2.24, 2.45) is 0 Å². The minimum Gasteiger partial charge on any atom is -0.477 e. The first-order chi connectivity index (χ1) is 8.88. The van der Waals surface area contributed by atoms with Crippen molar-refractivity contribution >= 4 is 21.7 Å². The van der Waals surface area contributed by atoms with Crippen LogP contribution in [0.3, 0.4) is 0 Å². The number of H-pyrrole nitrogens is 1. The van der Waals surface area contributed by atoms with Crippen LogP contribution in [0.5, 0.6) is 0 Å². The van der Waals surface area contributed by atoms with Crippen LogP contribution in [0, 0.1) is 6.92 Å². The van der Waals surface area contributed by atoms with E-state index < -0.39 is 16.0 Å². The highest BCUT2D eigenvalue weighted by molar-refractivity contribution is 7.92. The van der Waals surface area contributed by atoms with Crippen molar-refractivity contribution in [2.75, 3.05) is 4.72 Å². The molecule has 0 aliphatic carbocycles. The summed E-state index contributed by atoms with van der Waals surface area (Å²) in [6.07, 6.45) is 2.60. The van der Waals surface area contributed by atoms with E-state index in [1.54, 1.807) is 13.0 Å². The SMILES string of the molecule is Cc1cc(NS(=O)(=O)c2c[nH]c(C(=O)O)c2)ccn1. The number of aromatic nitrogens is 2. The van der Waals surface area contributed by atoms with Gasteiger partial charge in [-0.05, 0) is 25.1 Å². The summed E-state index contributed by atoms with van der Waals surface area (Å²) in [4.78, 5) is 16.9. The molecule has 0 spiro atoms. The summed E-state index contributed by atoms with van der Waals surface area (Å²) in [5.41, 5.74) is 0.845. The third-order valence-electron chi connectivity index (χ3n) is 2.35. The summed E-state index contributed by atoms with van der Waals surface area (Å²) >= 11 is 0. The van der Waals surface area contributed by atoms with Crippen molar-refractivity contribution in [2.45, 2.75) is 11.8 Å². The standard InChI is InChI=1S/C11H11N3O4S/c1-7-4-8(2-3-12-7)14-19(17,18)9-5-10(11(15)16)13-6-9/h2-6,13H,1H3,(H,12,14)(H,15,16). The second-order valence-corrected chi connectivity index (χ2v) is 5.53. The molecule has 100 valence electrons. The normalized spacial score (nSPS) is 11.2. The number of aromatic carboxylic acids is 1. The number of aromatic amines is 1. The number of anilines is 1. The molecule has 7 nitrogen and oxygen atoms in total. The topological polar surface area (TPSA) is 112 Å². The Hall–Kier alpha value is -2.35. The van der Waals surface area contributed by atoms with Gasteiger partial charge in [-0.3, -0.25) is 9.71 Å². The van der Waals surface area contributed by atoms with Gasteiger partial charge in [0, 0.05) is 18.1 Å². The Morgan fingerprint density at radius 1 is 1.42 bits per heavy atom. The van der Waals surface area contributed by atoms with Gasteiger partial charge >= 0.3 is 5.97 Å². The van der Waals surface area contributed by atoms with Crippen molar-refractivity contribution in [3.8, 4) is 0 Å². The van der Waals surface area contributed by atoms with Gasteiger partial charge in [-0.25, -0.2) is 13.2 Å². The zero-order valence-electron chi connectivity index (χ0n) is 9.91. The third kappa shape index (κ3) is 2.91. The van der Waals surface area contributed by atoms with Crippen LogP contribution in [0.1, 0.15) is 16.2 Å². The molecule has 3 N–H and O–H groups in total. The third-order valence-corrected chi connectivity index (χ3v) is 3.71. The van der Waals surface area contributed by atoms with Gasteiger partial charge in [0.1, 0.15) is 10.6 Å². The molecule has 0 radical (unpaired) electrons. The van der Waals surface area contributed by atoms with Crippen LogP contribution < -0.4 is 4.72 Å². The average molecular weight is 281 g/mol. The maximum atomic E-state index is 12.0. The van der Waals surface area contributed by atoms with E-state index in [2.05, 4.69) is 14.7 Å². The molecule has 2 aromatic heterocycles. The molecule has 2 aromatic rings. The summed E-state index contributed by atoms with van der Waals surface area (Å²) in [6.45, 7) is 1.73. The maximum absolute atomic E-state index is 12.0. The number of sulfonamides is 1. The molecule has 0 unspecified atom stereocenters. The molecule has 0 bridgehead atoms. The molecular weight excluding hydrogens is 270 g/mol. The number of carbonyl (C=O) groups is 1. The number of hydrogen-bond donors (Lipinski definition) is 3. The van der Waals surface area contributed by atoms with Gasteiger partial charge in [0.15, 0.2) is 0 Å². The zero-order valence-corrected chi connectivity index (χ0v) is 10.7. The first-order valence-corrected chi connectivity index (χ1v) is 6.74. The van der Waals surface area contributed by atoms with Crippen molar-refractivity contribution in [3.63, 3.8) is 0 Å². The number of rotatable bonds is 4. The number of nitrogens with one attached hydrogen (secondary N) is 2. The number of pyridine rings is 1. The van der Waals surface area contributed by atoms with Crippen LogP contribution >= 0.6 is 0 Å². The first-order valence-electron chi connectivity index (χ1n) is 5.26. The molecule has 0 aliphatic rings. The van der Waals surface area contributed by atoms with Crippen molar-refractivity contribution < 1.29 is 18.3 Å². The van der Waals surface area contributed by atoms with Crippen molar-refractivity contribution in [1.29, 1.82) is 0 Å². The average Bonchev–Trinajstić information content (AvgIpc) is 2.78. The molecule has 2 heterocycles. The van der Waals surface area contributed by atoms with E-state index >= 15 is 0 Å². The molecule has 2 rings (SSSR count). The second kappa shape index (κ2) is 4.73. The fraction of sp³-hybridized carbons (Fsp3) is 0.0909. The maximum Gasteiger partial charge on any atom is 0.352 e. The van der Waals surface area contributed by atoms with Crippen LogP contribution in [0.2, 0.25) is 0 Å². The van der Waals surface area contributed by atoms with Crippen LogP contribution in [-0.4, -0.2) is 29.5 Å². The summed E-state index contributed by atoms with van der Waals surface area (Å²) in [6, 6.07) is 4.14. The Bertz CT molecular complexity index is 721. The Morgan fingerprint density at radius 3 is 2.74 bits per heavy atom. The number of hydrogen-bond acceptors (Lipinski definition) is 4. The molecule has 0 saturated heterocycles. The molecule has 8 heteroatoms. The summed E-state index contributed by atoms with van der Waals surface area (Å²) in [7, 11) is -3.82. The summed E-state index contributed by atoms with van der Waals surface area (Å²) in [5, 5.41) is 8.74. The van der Waals surface area contributed by atoms with Gasteiger partial charge in [-0.15, -0.1) is 0 Å². The molecular formula is C11H11N3O4S. The first kappa shape index (κ1) is 13.1. The number of aryl methyl sites for hydroxylation is 1. The smallest absolute Gasteiger partial charge is 0.352 e. The summed E-state index contributed by atoms with van der Waals surface area (Å²) < 4.78 is 26.4. The number of carboxylic acid groups (broad SMARTS) is 1. The highest BCUT2D eigenvalue weighted by Crippen LogP contribution is 2.16. The lowest BCUT2D eigenvalue weighted by molar-refractivity contribution is 0.0691. The molecule has 0 amide bonds. The van der Waals surface area contributed by atoms with Crippen LogP contribution in [0.25, 0.3) is 0 Å². The summed E-state index contributed by atoms with van der Waals surface area (Å²) in [5.74, 6) is -1.22. The van der Waals surface area contributed by atoms with Gasteiger partial charge in [-0.2, -0.15) is 0 Å². The number of carboxylic acids is 1. The van der Waals surface area contributed by atoms with Crippen LogP contribution in [0.4, 0.5) is 5.69 Å². The second-order valence-electron chi connectivity index (χ2n) is 3.85. The fourth-order valence-electron chi connectivity index (χ4n) is 1.48. The van der Waals surface area contributed by atoms with E-state index in [-0.39, 0.29) is 10.6 Å². The lowest BCUT2D eigenvalue weighted by atomic mass is 10.3. The van der Waals surface area contributed by atoms with E-state index in [9.17, 15) is 13.2 Å². The Morgan fingerprint density at radius 2 is 2.16 bits per heavy atom. The Labute approximate surface area is 109 Å². The van der Waals surface area contributed by atoms with E-state index in [1.807, 2.05) is 0 Å². The monoisotopic (exact) mass is 281 g/mol. The molecule has 0 aromatic carbocycles. The number of nitrogens with zero attached hydrogens (tertiary/aromatic N) is 1. The predicted octanol–water partition coefficient (Wildman–Crippen LogP) is 1.22.